The van der Waals surface area contributed by atoms with Crippen LogP contribution in [0, 0.1) is 6.92 Å². The highest BCUT2D eigenvalue weighted by atomic mass is 16.3. The quantitative estimate of drug-likeness (QED) is 0.171. The number of benzene rings is 8. The predicted octanol–water partition coefficient (Wildman–Crippen LogP) is 14.6. The minimum absolute atomic E-state index is 0.868. The van der Waals surface area contributed by atoms with Gasteiger partial charge in [-0.25, -0.2) is 9.97 Å². The molecule has 57 heavy (non-hydrogen) atoms. The van der Waals surface area contributed by atoms with Crippen LogP contribution >= 0.6 is 0 Å². The summed E-state index contributed by atoms with van der Waals surface area (Å²) in [6, 6.07) is 63.7. The molecule has 0 aliphatic heterocycles. The van der Waals surface area contributed by atoms with Gasteiger partial charge in [-0.1, -0.05) is 146 Å². The van der Waals surface area contributed by atoms with E-state index in [1.54, 1.807) is 6.33 Å². The molecule has 0 saturated heterocycles. The fourth-order valence-electron chi connectivity index (χ4n) is 8.42. The van der Waals surface area contributed by atoms with Gasteiger partial charge in [-0.15, -0.1) is 0 Å². The molecule has 0 aliphatic carbocycles. The molecule has 0 unspecified atom stereocenters. The summed E-state index contributed by atoms with van der Waals surface area (Å²) in [6.45, 7) is 2.20. The summed E-state index contributed by atoms with van der Waals surface area (Å²) < 4.78 is 12.8. The third-order valence-electron chi connectivity index (χ3n) is 11.2. The van der Waals surface area contributed by atoms with Crippen molar-refractivity contribution in [3.8, 4) is 67.0 Å². The van der Waals surface area contributed by atoms with Gasteiger partial charge in [0.05, 0.1) is 11.4 Å². The van der Waals surface area contributed by atoms with E-state index in [0.717, 1.165) is 105 Å². The summed E-state index contributed by atoms with van der Waals surface area (Å²) >= 11 is 0. The zero-order chi connectivity index (χ0) is 37.9. The number of nitrogens with zero attached hydrogens (tertiary/aromatic N) is 2. The summed E-state index contributed by atoms with van der Waals surface area (Å²) in [6.07, 6.45) is 1.67. The largest absolute Gasteiger partial charge is 0.455 e. The lowest BCUT2D eigenvalue weighted by atomic mass is 9.91. The Morgan fingerprint density at radius 3 is 1.40 bits per heavy atom. The normalized spacial score (nSPS) is 11.6. The van der Waals surface area contributed by atoms with Crippen LogP contribution in [0.2, 0.25) is 0 Å². The zero-order valence-corrected chi connectivity index (χ0v) is 31.1. The van der Waals surface area contributed by atoms with Crippen LogP contribution in [0.3, 0.4) is 0 Å². The molecule has 0 N–H and O–H groups in total. The molecule has 3 heterocycles. The van der Waals surface area contributed by atoms with E-state index < -0.39 is 0 Å². The first-order chi connectivity index (χ1) is 28.2. The Labute approximate surface area is 329 Å². The standard InChI is InChI=1S/C53H34N2O2/c1-33-40(20-9-21-41(33)45-23-11-25-47-44-19-3-5-27-51(44)57-53(45)47)36-14-8-17-39(30-36)49-31-48(54-32-55-49)38-16-7-13-35(29-38)34-12-6-15-37(28-34)42-22-10-24-46-43-18-2-4-26-50(43)56-52(42)46/h2-32H,1H3. The van der Waals surface area contributed by atoms with Crippen molar-refractivity contribution in [3.63, 3.8) is 0 Å². The van der Waals surface area contributed by atoms with Gasteiger partial charge in [0.15, 0.2) is 0 Å². The van der Waals surface area contributed by atoms with Crippen molar-refractivity contribution in [2.24, 2.45) is 0 Å². The van der Waals surface area contributed by atoms with Gasteiger partial charge in [0, 0.05) is 43.8 Å². The molecule has 11 aromatic rings. The Morgan fingerprint density at radius 2 is 0.754 bits per heavy atom. The lowest BCUT2D eigenvalue weighted by Gasteiger charge is -2.13. The zero-order valence-electron chi connectivity index (χ0n) is 31.1. The van der Waals surface area contributed by atoms with Crippen molar-refractivity contribution >= 4 is 43.9 Å². The fraction of sp³-hybridized carbons (Fsp3) is 0.0189. The van der Waals surface area contributed by atoms with Gasteiger partial charge in [-0.05, 0) is 82.3 Å². The molecule has 0 saturated carbocycles. The average Bonchev–Trinajstić information content (AvgIpc) is 3.86. The second-order valence-corrected chi connectivity index (χ2v) is 14.6. The van der Waals surface area contributed by atoms with Crippen molar-refractivity contribution in [2.45, 2.75) is 6.92 Å². The first-order valence-corrected chi connectivity index (χ1v) is 19.2. The maximum Gasteiger partial charge on any atom is 0.143 e. The molecular weight excluding hydrogens is 697 g/mol. The third kappa shape index (κ3) is 5.61. The Kier molecular flexibility index (Phi) is 7.68. The number of para-hydroxylation sites is 4. The molecule has 0 amide bonds. The molecule has 4 nitrogen and oxygen atoms in total. The lowest BCUT2D eigenvalue weighted by Crippen LogP contribution is -1.92. The van der Waals surface area contributed by atoms with E-state index in [2.05, 4.69) is 165 Å². The minimum Gasteiger partial charge on any atom is -0.455 e. The van der Waals surface area contributed by atoms with Crippen LogP contribution in [0.1, 0.15) is 5.56 Å². The Morgan fingerprint density at radius 1 is 0.333 bits per heavy atom. The molecule has 0 spiro atoms. The molecule has 0 radical (unpaired) electrons. The molecule has 268 valence electrons. The van der Waals surface area contributed by atoms with E-state index in [1.165, 1.54) is 11.1 Å². The van der Waals surface area contributed by atoms with Crippen LogP contribution in [0.25, 0.3) is 111 Å². The molecule has 0 aliphatic rings. The van der Waals surface area contributed by atoms with Gasteiger partial charge in [-0.2, -0.15) is 0 Å². The van der Waals surface area contributed by atoms with Crippen molar-refractivity contribution in [1.29, 1.82) is 0 Å². The van der Waals surface area contributed by atoms with Gasteiger partial charge in [0.2, 0.25) is 0 Å². The number of hydrogen-bond donors (Lipinski definition) is 0. The molecule has 11 rings (SSSR count). The maximum absolute atomic E-state index is 6.42. The summed E-state index contributed by atoms with van der Waals surface area (Å²) in [5.41, 5.74) is 17.6. The predicted molar refractivity (Wildman–Crippen MR) is 234 cm³/mol. The van der Waals surface area contributed by atoms with E-state index in [0.29, 0.717) is 0 Å². The SMILES string of the molecule is Cc1c(-c2cccc(-c3cc(-c4cccc(-c5cccc(-c6cccc7c6oc6ccccc67)c5)c4)ncn3)c2)cccc1-c1cccc2c1oc1ccccc12. The number of fused-ring (bicyclic) bond motifs is 6. The van der Waals surface area contributed by atoms with E-state index in [-0.39, 0.29) is 0 Å². The summed E-state index contributed by atoms with van der Waals surface area (Å²) in [5, 5.41) is 4.52. The van der Waals surface area contributed by atoms with Crippen LogP contribution in [0.5, 0.6) is 0 Å². The Bertz CT molecular complexity index is 3330. The smallest absolute Gasteiger partial charge is 0.143 e. The average molecular weight is 731 g/mol. The Hall–Kier alpha value is -7.56. The molecule has 0 atom stereocenters. The highest BCUT2D eigenvalue weighted by Gasteiger charge is 2.17. The number of aromatic nitrogens is 2. The number of hydrogen-bond acceptors (Lipinski definition) is 4. The van der Waals surface area contributed by atoms with Gasteiger partial charge < -0.3 is 8.83 Å². The first-order valence-electron chi connectivity index (χ1n) is 19.2. The molecule has 3 aromatic heterocycles. The summed E-state index contributed by atoms with van der Waals surface area (Å²) in [7, 11) is 0. The first kappa shape index (κ1) is 32.8. The van der Waals surface area contributed by atoms with Crippen LogP contribution in [-0.2, 0) is 0 Å². The minimum atomic E-state index is 0.868. The molecule has 0 fully saturated rings. The highest BCUT2D eigenvalue weighted by molar-refractivity contribution is 6.11. The second-order valence-electron chi connectivity index (χ2n) is 14.6. The fourth-order valence-corrected chi connectivity index (χ4v) is 8.42. The van der Waals surface area contributed by atoms with Crippen molar-refractivity contribution in [3.05, 3.63) is 194 Å². The monoisotopic (exact) mass is 730 g/mol. The van der Waals surface area contributed by atoms with Crippen molar-refractivity contribution in [1.82, 2.24) is 9.97 Å². The molecule has 4 heteroatoms. The van der Waals surface area contributed by atoms with Crippen LogP contribution < -0.4 is 0 Å². The lowest BCUT2D eigenvalue weighted by molar-refractivity contribution is 0.669. The second kappa shape index (κ2) is 13.3. The molecular formula is C53H34N2O2. The van der Waals surface area contributed by atoms with Crippen LogP contribution in [0.15, 0.2) is 197 Å². The maximum atomic E-state index is 6.42. The number of furan rings is 2. The van der Waals surface area contributed by atoms with E-state index in [1.807, 2.05) is 24.3 Å². The topological polar surface area (TPSA) is 52.1 Å². The number of rotatable bonds is 6. The molecule has 0 bridgehead atoms. The van der Waals surface area contributed by atoms with Crippen molar-refractivity contribution in [2.75, 3.05) is 0 Å². The van der Waals surface area contributed by atoms with E-state index in [4.69, 9.17) is 18.8 Å². The molecule has 8 aromatic carbocycles. The van der Waals surface area contributed by atoms with Gasteiger partial charge >= 0.3 is 0 Å². The van der Waals surface area contributed by atoms with Gasteiger partial charge in [0.25, 0.3) is 0 Å². The van der Waals surface area contributed by atoms with Gasteiger partial charge in [0.1, 0.15) is 28.7 Å². The Balaban J connectivity index is 0.919. The third-order valence-corrected chi connectivity index (χ3v) is 11.2. The van der Waals surface area contributed by atoms with Crippen molar-refractivity contribution < 1.29 is 8.83 Å². The van der Waals surface area contributed by atoms with Gasteiger partial charge in [-0.3, -0.25) is 0 Å². The van der Waals surface area contributed by atoms with Crippen LogP contribution in [0.4, 0.5) is 0 Å². The summed E-state index contributed by atoms with van der Waals surface area (Å²) in [4.78, 5) is 9.48. The summed E-state index contributed by atoms with van der Waals surface area (Å²) in [5.74, 6) is 0. The van der Waals surface area contributed by atoms with E-state index >= 15 is 0 Å². The highest BCUT2D eigenvalue weighted by Crippen LogP contribution is 2.41. The van der Waals surface area contributed by atoms with Crippen LogP contribution in [-0.4, -0.2) is 9.97 Å². The van der Waals surface area contributed by atoms with E-state index in [9.17, 15) is 0 Å².